The monoisotopic (exact) mass is 260 g/mol. The third-order valence-electron chi connectivity index (χ3n) is 3.63. The normalized spacial score (nSPS) is 20.7. The molecule has 2 aromatic heterocycles. The molecule has 0 saturated carbocycles. The molecule has 0 aliphatic carbocycles. The van der Waals surface area contributed by atoms with E-state index in [9.17, 15) is 5.11 Å². The average Bonchev–Trinajstić information content (AvgIpc) is 2.95. The number of hydrogen-bond donors (Lipinski definition) is 1. The van der Waals surface area contributed by atoms with Crippen LogP contribution >= 0.6 is 0 Å². The summed E-state index contributed by atoms with van der Waals surface area (Å²) in [5, 5.41) is 15.0. The molecule has 0 unspecified atom stereocenters. The second kappa shape index (κ2) is 4.90. The third-order valence-corrected chi connectivity index (χ3v) is 3.63. The van der Waals surface area contributed by atoms with E-state index in [1.54, 1.807) is 0 Å². The van der Waals surface area contributed by atoms with E-state index in [0.29, 0.717) is 6.04 Å². The van der Waals surface area contributed by atoms with Crippen LogP contribution in [0.25, 0.3) is 11.0 Å². The van der Waals surface area contributed by atoms with Crippen molar-refractivity contribution in [3.8, 4) is 0 Å². The van der Waals surface area contributed by atoms with Crippen molar-refractivity contribution in [2.45, 2.75) is 39.0 Å². The van der Waals surface area contributed by atoms with Crippen LogP contribution in [-0.4, -0.2) is 44.0 Å². The Kier molecular flexibility index (Phi) is 3.24. The number of aromatic nitrogens is 3. The van der Waals surface area contributed by atoms with Crippen LogP contribution in [-0.2, 0) is 6.54 Å². The predicted octanol–water partition coefficient (Wildman–Crippen LogP) is 1.58. The molecule has 1 N–H and O–H groups in total. The Labute approximate surface area is 112 Å². The molecular formula is C14H20N4O. The van der Waals surface area contributed by atoms with Gasteiger partial charge >= 0.3 is 0 Å². The van der Waals surface area contributed by atoms with Crippen LogP contribution in [0, 0.1) is 0 Å². The van der Waals surface area contributed by atoms with Crippen molar-refractivity contribution in [2.24, 2.45) is 0 Å². The number of aliphatic hydroxyl groups excluding tert-OH is 1. The summed E-state index contributed by atoms with van der Waals surface area (Å²) in [5.41, 5.74) is 2.13. The highest BCUT2D eigenvalue weighted by molar-refractivity contribution is 5.75. The van der Waals surface area contributed by atoms with E-state index in [0.717, 1.165) is 37.1 Å². The second-order valence-corrected chi connectivity index (χ2v) is 5.62. The molecule has 1 aliphatic heterocycles. The van der Waals surface area contributed by atoms with E-state index >= 15 is 0 Å². The van der Waals surface area contributed by atoms with Gasteiger partial charge in [-0.25, -0.2) is 9.67 Å². The number of aliphatic hydroxyl groups is 1. The lowest BCUT2D eigenvalue weighted by molar-refractivity contribution is 0.175. The van der Waals surface area contributed by atoms with Gasteiger partial charge < -0.3 is 5.11 Å². The molecule has 1 atom stereocenters. The molecule has 1 aliphatic rings. The van der Waals surface area contributed by atoms with Gasteiger partial charge in [0.25, 0.3) is 0 Å². The van der Waals surface area contributed by atoms with Gasteiger partial charge in [-0.05, 0) is 31.9 Å². The number of β-amino-alcohol motifs (C(OH)–C–C–N with tert-alkyl or cyclic N) is 1. The summed E-state index contributed by atoms with van der Waals surface area (Å²) in [6.45, 7) is 6.79. The molecule has 0 spiro atoms. The van der Waals surface area contributed by atoms with Crippen molar-refractivity contribution < 1.29 is 5.11 Å². The highest BCUT2D eigenvalue weighted by Crippen LogP contribution is 2.19. The molecule has 5 nitrogen and oxygen atoms in total. The first-order valence-corrected chi connectivity index (χ1v) is 6.86. The Morgan fingerprint density at radius 3 is 2.95 bits per heavy atom. The maximum Gasteiger partial charge on any atom is 0.157 e. The molecular weight excluding hydrogens is 240 g/mol. The number of likely N-dealkylation sites (tertiary alicyclic amines) is 1. The van der Waals surface area contributed by atoms with Crippen LogP contribution in [0.1, 0.15) is 31.9 Å². The van der Waals surface area contributed by atoms with Gasteiger partial charge in [-0.2, -0.15) is 5.10 Å². The van der Waals surface area contributed by atoms with Crippen molar-refractivity contribution in [1.29, 1.82) is 0 Å². The summed E-state index contributed by atoms with van der Waals surface area (Å²) < 4.78 is 1.94. The second-order valence-electron chi connectivity index (χ2n) is 5.62. The smallest absolute Gasteiger partial charge is 0.157 e. The lowest BCUT2D eigenvalue weighted by Crippen LogP contribution is -2.21. The molecule has 0 bridgehead atoms. The molecule has 102 valence electrons. The van der Waals surface area contributed by atoms with Crippen LogP contribution in [0.2, 0.25) is 0 Å². The summed E-state index contributed by atoms with van der Waals surface area (Å²) in [4.78, 5) is 6.80. The third kappa shape index (κ3) is 2.48. The van der Waals surface area contributed by atoms with Crippen molar-refractivity contribution in [2.75, 3.05) is 13.1 Å². The Morgan fingerprint density at radius 2 is 2.26 bits per heavy atom. The number of pyridine rings is 1. The Morgan fingerprint density at radius 1 is 1.42 bits per heavy atom. The minimum absolute atomic E-state index is 0.166. The zero-order valence-corrected chi connectivity index (χ0v) is 11.5. The van der Waals surface area contributed by atoms with E-state index in [1.807, 2.05) is 17.1 Å². The van der Waals surface area contributed by atoms with Crippen molar-refractivity contribution in [1.82, 2.24) is 19.7 Å². The fraction of sp³-hybridized carbons (Fsp3) is 0.571. The Bertz CT molecular complexity index is 578. The van der Waals surface area contributed by atoms with Crippen molar-refractivity contribution in [3.63, 3.8) is 0 Å². The molecule has 0 amide bonds. The van der Waals surface area contributed by atoms with Crippen molar-refractivity contribution >= 4 is 11.0 Å². The first kappa shape index (κ1) is 12.6. The van der Waals surface area contributed by atoms with Gasteiger partial charge in [0.2, 0.25) is 0 Å². The minimum Gasteiger partial charge on any atom is -0.392 e. The Balaban J connectivity index is 1.82. The zero-order chi connectivity index (χ0) is 13.4. The van der Waals surface area contributed by atoms with E-state index in [-0.39, 0.29) is 6.10 Å². The highest BCUT2D eigenvalue weighted by Gasteiger charge is 2.20. The van der Waals surface area contributed by atoms with Gasteiger partial charge in [0.05, 0.1) is 12.3 Å². The topological polar surface area (TPSA) is 54.2 Å². The summed E-state index contributed by atoms with van der Waals surface area (Å²) in [7, 11) is 0. The maximum atomic E-state index is 9.54. The first-order valence-electron chi connectivity index (χ1n) is 6.86. The van der Waals surface area contributed by atoms with Crippen LogP contribution in [0.3, 0.4) is 0 Å². The molecule has 19 heavy (non-hydrogen) atoms. The fourth-order valence-electron chi connectivity index (χ4n) is 2.66. The number of nitrogens with zero attached hydrogens (tertiary/aromatic N) is 4. The van der Waals surface area contributed by atoms with Crippen LogP contribution in [0.4, 0.5) is 0 Å². The lowest BCUT2D eigenvalue weighted by Gasteiger charge is -2.14. The van der Waals surface area contributed by atoms with Gasteiger partial charge in [-0.3, -0.25) is 4.90 Å². The van der Waals surface area contributed by atoms with E-state index < -0.39 is 0 Å². The van der Waals surface area contributed by atoms with E-state index in [1.165, 1.54) is 5.56 Å². The standard InChI is InChI=1S/C14H20N4O/c1-10(2)18-14-12(7-16-18)5-11(6-15-14)8-17-4-3-13(19)9-17/h5-7,10,13,19H,3-4,8-9H2,1-2H3/t13-/m0/s1. The molecule has 2 aromatic rings. The maximum absolute atomic E-state index is 9.54. The van der Waals surface area contributed by atoms with E-state index in [4.69, 9.17) is 0 Å². The molecule has 1 fully saturated rings. The average molecular weight is 260 g/mol. The summed E-state index contributed by atoms with van der Waals surface area (Å²) in [5.74, 6) is 0. The zero-order valence-electron chi connectivity index (χ0n) is 11.5. The van der Waals surface area contributed by atoms with E-state index in [2.05, 4.69) is 34.9 Å². The summed E-state index contributed by atoms with van der Waals surface area (Å²) in [6.07, 6.45) is 4.51. The van der Waals surface area contributed by atoms with Crippen LogP contribution < -0.4 is 0 Å². The summed E-state index contributed by atoms with van der Waals surface area (Å²) >= 11 is 0. The fourth-order valence-corrected chi connectivity index (χ4v) is 2.66. The molecule has 5 heteroatoms. The van der Waals surface area contributed by atoms with Gasteiger partial charge in [-0.15, -0.1) is 0 Å². The first-order chi connectivity index (χ1) is 9.13. The molecule has 3 heterocycles. The molecule has 0 radical (unpaired) electrons. The van der Waals surface area contributed by atoms with Gasteiger partial charge in [0.1, 0.15) is 0 Å². The van der Waals surface area contributed by atoms with Crippen molar-refractivity contribution in [3.05, 3.63) is 24.0 Å². The SMILES string of the molecule is CC(C)n1ncc2cc(CN3CC[C@H](O)C3)cnc21. The predicted molar refractivity (Wildman–Crippen MR) is 73.8 cm³/mol. The van der Waals surface area contributed by atoms with Gasteiger partial charge in [-0.1, -0.05) is 0 Å². The Hall–Kier alpha value is -1.46. The number of rotatable bonds is 3. The van der Waals surface area contributed by atoms with Gasteiger partial charge in [0.15, 0.2) is 5.65 Å². The largest absolute Gasteiger partial charge is 0.392 e. The highest BCUT2D eigenvalue weighted by atomic mass is 16.3. The summed E-state index contributed by atoms with van der Waals surface area (Å²) in [6, 6.07) is 2.48. The minimum atomic E-state index is -0.166. The molecule has 1 saturated heterocycles. The molecule has 0 aromatic carbocycles. The number of hydrogen-bond acceptors (Lipinski definition) is 4. The van der Waals surface area contributed by atoms with Crippen LogP contribution in [0.15, 0.2) is 18.5 Å². The molecule has 3 rings (SSSR count). The number of fused-ring (bicyclic) bond motifs is 1. The van der Waals surface area contributed by atoms with Gasteiger partial charge in [0, 0.05) is 37.3 Å². The van der Waals surface area contributed by atoms with Crippen LogP contribution in [0.5, 0.6) is 0 Å². The quantitative estimate of drug-likeness (QED) is 0.910. The lowest BCUT2D eigenvalue weighted by atomic mass is 10.2.